The molecule has 1 unspecified atom stereocenters. The summed E-state index contributed by atoms with van der Waals surface area (Å²) < 4.78 is 0. The van der Waals surface area contributed by atoms with Crippen LogP contribution in [0.5, 0.6) is 0 Å². The van der Waals surface area contributed by atoms with Gasteiger partial charge in [0.2, 0.25) is 0 Å². The Hall–Kier alpha value is -0.120. The molecule has 1 fully saturated rings. The molecule has 1 heterocycles. The topological polar surface area (TPSA) is 35.5 Å². The summed E-state index contributed by atoms with van der Waals surface area (Å²) in [5, 5.41) is 13.5. The van der Waals surface area contributed by atoms with E-state index in [0.29, 0.717) is 12.0 Å². The lowest BCUT2D eigenvalue weighted by Crippen LogP contribution is -2.60. The highest BCUT2D eigenvalue weighted by molar-refractivity contribution is 4.89. The zero-order valence-electron chi connectivity index (χ0n) is 9.88. The third-order valence-corrected chi connectivity index (χ3v) is 3.45. The number of hydrogen-bond acceptors (Lipinski definition) is 3. The first-order valence-corrected chi connectivity index (χ1v) is 5.64. The standard InChI is InChI=1S/C11H24N2O/c1-5-13(10-6-12-7-10)8-11(4,14)9(2)3/h9-10,12,14H,5-8H2,1-4H3. The Morgan fingerprint density at radius 3 is 2.36 bits per heavy atom. The van der Waals surface area contributed by atoms with Crippen LogP contribution in [0.3, 0.4) is 0 Å². The van der Waals surface area contributed by atoms with Crippen molar-refractivity contribution in [3.63, 3.8) is 0 Å². The van der Waals surface area contributed by atoms with E-state index in [1.165, 1.54) is 0 Å². The maximum atomic E-state index is 10.2. The van der Waals surface area contributed by atoms with Gasteiger partial charge in [-0.1, -0.05) is 20.8 Å². The summed E-state index contributed by atoms with van der Waals surface area (Å²) in [5.74, 6) is 0.310. The predicted molar refractivity (Wildman–Crippen MR) is 59.4 cm³/mol. The van der Waals surface area contributed by atoms with E-state index in [0.717, 1.165) is 26.2 Å². The predicted octanol–water partition coefficient (Wildman–Crippen LogP) is 0.687. The molecule has 3 nitrogen and oxygen atoms in total. The van der Waals surface area contributed by atoms with Gasteiger partial charge in [-0.05, 0) is 19.4 Å². The first-order chi connectivity index (χ1) is 6.47. The molecule has 0 saturated carbocycles. The molecule has 14 heavy (non-hydrogen) atoms. The minimum absolute atomic E-state index is 0.310. The van der Waals surface area contributed by atoms with E-state index in [4.69, 9.17) is 0 Å². The molecule has 0 radical (unpaired) electrons. The Kier molecular flexibility index (Phi) is 3.93. The van der Waals surface area contributed by atoms with E-state index in [1.807, 2.05) is 6.92 Å². The van der Waals surface area contributed by atoms with Crippen LogP contribution in [0.25, 0.3) is 0 Å². The van der Waals surface area contributed by atoms with Crippen LogP contribution in [0.2, 0.25) is 0 Å². The van der Waals surface area contributed by atoms with Crippen LogP contribution in [0, 0.1) is 5.92 Å². The Bertz CT molecular complexity index is 176. The van der Waals surface area contributed by atoms with Gasteiger partial charge in [0.25, 0.3) is 0 Å². The summed E-state index contributed by atoms with van der Waals surface area (Å²) in [6.45, 7) is 12.2. The van der Waals surface area contributed by atoms with Gasteiger partial charge in [0.15, 0.2) is 0 Å². The van der Waals surface area contributed by atoms with Crippen molar-refractivity contribution < 1.29 is 5.11 Å². The number of likely N-dealkylation sites (N-methyl/N-ethyl adjacent to an activating group) is 1. The van der Waals surface area contributed by atoms with Crippen molar-refractivity contribution in [3.05, 3.63) is 0 Å². The van der Waals surface area contributed by atoms with Crippen molar-refractivity contribution in [1.82, 2.24) is 10.2 Å². The van der Waals surface area contributed by atoms with Gasteiger partial charge in [0, 0.05) is 25.7 Å². The van der Waals surface area contributed by atoms with E-state index < -0.39 is 5.60 Å². The molecule has 1 aliphatic heterocycles. The van der Waals surface area contributed by atoms with Crippen molar-refractivity contribution in [2.75, 3.05) is 26.2 Å². The van der Waals surface area contributed by atoms with Crippen molar-refractivity contribution in [2.24, 2.45) is 5.92 Å². The van der Waals surface area contributed by atoms with E-state index in [2.05, 4.69) is 31.0 Å². The number of nitrogens with one attached hydrogen (secondary N) is 1. The third-order valence-electron chi connectivity index (χ3n) is 3.45. The molecular weight excluding hydrogens is 176 g/mol. The van der Waals surface area contributed by atoms with E-state index in [1.54, 1.807) is 0 Å². The highest BCUT2D eigenvalue weighted by Gasteiger charge is 2.32. The van der Waals surface area contributed by atoms with Crippen molar-refractivity contribution in [2.45, 2.75) is 39.3 Å². The fraction of sp³-hybridized carbons (Fsp3) is 1.00. The third kappa shape index (κ3) is 2.69. The van der Waals surface area contributed by atoms with Crippen LogP contribution in [0.1, 0.15) is 27.7 Å². The Morgan fingerprint density at radius 2 is 2.07 bits per heavy atom. The smallest absolute Gasteiger partial charge is 0.0768 e. The van der Waals surface area contributed by atoms with E-state index >= 15 is 0 Å². The monoisotopic (exact) mass is 200 g/mol. The molecule has 0 bridgehead atoms. The lowest BCUT2D eigenvalue weighted by molar-refractivity contribution is -0.0334. The quantitative estimate of drug-likeness (QED) is 0.685. The molecule has 0 aromatic carbocycles. The minimum atomic E-state index is -0.564. The first-order valence-electron chi connectivity index (χ1n) is 5.64. The maximum absolute atomic E-state index is 10.2. The van der Waals surface area contributed by atoms with E-state index in [9.17, 15) is 5.11 Å². The molecule has 0 aliphatic carbocycles. The molecule has 1 saturated heterocycles. The average molecular weight is 200 g/mol. The van der Waals surface area contributed by atoms with Crippen molar-refractivity contribution in [3.8, 4) is 0 Å². The lowest BCUT2D eigenvalue weighted by atomic mass is 9.91. The van der Waals surface area contributed by atoms with E-state index in [-0.39, 0.29) is 0 Å². The van der Waals surface area contributed by atoms with Crippen molar-refractivity contribution in [1.29, 1.82) is 0 Å². The molecule has 2 N–H and O–H groups in total. The van der Waals surface area contributed by atoms with Gasteiger partial charge in [-0.3, -0.25) is 4.90 Å². The van der Waals surface area contributed by atoms with Crippen LogP contribution in [0.15, 0.2) is 0 Å². The Labute approximate surface area is 87.5 Å². The summed E-state index contributed by atoms with van der Waals surface area (Å²) in [6, 6.07) is 0.630. The van der Waals surface area contributed by atoms with Gasteiger partial charge in [-0.2, -0.15) is 0 Å². The minimum Gasteiger partial charge on any atom is -0.389 e. The summed E-state index contributed by atoms with van der Waals surface area (Å²) >= 11 is 0. The van der Waals surface area contributed by atoms with Crippen molar-refractivity contribution >= 4 is 0 Å². The van der Waals surface area contributed by atoms with Gasteiger partial charge in [0.05, 0.1) is 5.60 Å². The van der Waals surface area contributed by atoms with Gasteiger partial charge in [0.1, 0.15) is 0 Å². The molecule has 0 aromatic heterocycles. The molecule has 1 rings (SSSR count). The molecule has 3 heteroatoms. The number of nitrogens with zero attached hydrogens (tertiary/aromatic N) is 1. The first kappa shape index (κ1) is 12.0. The van der Waals surface area contributed by atoms with Crippen LogP contribution in [0.4, 0.5) is 0 Å². The fourth-order valence-electron chi connectivity index (χ4n) is 1.62. The SMILES string of the molecule is CCN(CC(C)(O)C(C)C)C1CNC1. The molecule has 1 aliphatic rings. The van der Waals surface area contributed by atoms with Gasteiger partial charge in [-0.25, -0.2) is 0 Å². The molecular formula is C11H24N2O. The van der Waals surface area contributed by atoms with Crippen LogP contribution in [-0.2, 0) is 0 Å². The van der Waals surface area contributed by atoms with Crippen LogP contribution >= 0.6 is 0 Å². The second-order valence-electron chi connectivity index (χ2n) is 4.89. The summed E-state index contributed by atoms with van der Waals surface area (Å²) in [6.07, 6.45) is 0. The molecule has 0 amide bonds. The molecule has 1 atom stereocenters. The number of rotatable bonds is 5. The fourth-order valence-corrected chi connectivity index (χ4v) is 1.62. The number of aliphatic hydroxyl groups is 1. The number of hydrogen-bond donors (Lipinski definition) is 2. The second kappa shape index (κ2) is 4.60. The van der Waals surface area contributed by atoms with Crippen LogP contribution < -0.4 is 5.32 Å². The lowest BCUT2D eigenvalue weighted by Gasteiger charge is -2.42. The average Bonchev–Trinajstić information content (AvgIpc) is 1.99. The molecule has 0 spiro atoms. The second-order valence-corrected chi connectivity index (χ2v) is 4.89. The zero-order valence-corrected chi connectivity index (χ0v) is 9.88. The summed E-state index contributed by atoms with van der Waals surface area (Å²) in [5.41, 5.74) is -0.564. The maximum Gasteiger partial charge on any atom is 0.0768 e. The summed E-state index contributed by atoms with van der Waals surface area (Å²) in [4.78, 5) is 2.37. The Morgan fingerprint density at radius 1 is 1.50 bits per heavy atom. The van der Waals surface area contributed by atoms with Gasteiger partial charge < -0.3 is 10.4 Å². The van der Waals surface area contributed by atoms with Gasteiger partial charge >= 0.3 is 0 Å². The molecule has 84 valence electrons. The highest BCUT2D eigenvalue weighted by atomic mass is 16.3. The zero-order chi connectivity index (χ0) is 10.8. The normalized spacial score (nSPS) is 22.5. The van der Waals surface area contributed by atoms with Gasteiger partial charge in [-0.15, -0.1) is 0 Å². The highest BCUT2D eigenvalue weighted by Crippen LogP contribution is 2.19. The molecule has 0 aromatic rings. The van der Waals surface area contributed by atoms with Crippen LogP contribution in [-0.4, -0.2) is 47.8 Å². The Balaban J connectivity index is 2.46. The summed E-state index contributed by atoms with van der Waals surface area (Å²) in [7, 11) is 0. The largest absolute Gasteiger partial charge is 0.389 e.